The molecule has 0 unspecified atom stereocenters. The first-order valence-electron chi connectivity index (χ1n) is 8.98. The Labute approximate surface area is 144 Å². The fourth-order valence-electron chi connectivity index (χ4n) is 3.32. The quantitative estimate of drug-likeness (QED) is 0.875. The van der Waals surface area contributed by atoms with Crippen molar-refractivity contribution in [1.82, 2.24) is 5.32 Å². The lowest BCUT2D eigenvalue weighted by Crippen LogP contribution is -2.30. The van der Waals surface area contributed by atoms with E-state index in [-0.39, 0.29) is 11.9 Å². The molecular weight excluding hydrogens is 296 g/mol. The van der Waals surface area contributed by atoms with E-state index in [0.29, 0.717) is 0 Å². The molecular formula is C21H26N2O. The van der Waals surface area contributed by atoms with E-state index >= 15 is 0 Å². The van der Waals surface area contributed by atoms with Crippen molar-refractivity contribution in [2.24, 2.45) is 0 Å². The number of amides is 1. The Balaban J connectivity index is 1.66. The summed E-state index contributed by atoms with van der Waals surface area (Å²) in [6, 6.07) is 18.2. The van der Waals surface area contributed by atoms with E-state index in [4.69, 9.17) is 0 Å². The van der Waals surface area contributed by atoms with Crippen molar-refractivity contribution in [3.63, 3.8) is 0 Å². The van der Waals surface area contributed by atoms with Crippen LogP contribution in [0.25, 0.3) is 0 Å². The van der Waals surface area contributed by atoms with Gasteiger partial charge in [0.25, 0.3) is 5.91 Å². The smallest absolute Gasteiger partial charge is 0.251 e. The monoisotopic (exact) mass is 322 g/mol. The number of piperidine rings is 1. The third-order valence-electron chi connectivity index (χ3n) is 4.77. The van der Waals surface area contributed by atoms with Crippen LogP contribution in [0.5, 0.6) is 0 Å². The second-order valence-electron chi connectivity index (χ2n) is 6.44. The molecule has 24 heavy (non-hydrogen) atoms. The van der Waals surface area contributed by atoms with Gasteiger partial charge >= 0.3 is 0 Å². The molecule has 1 heterocycles. The molecule has 1 saturated heterocycles. The number of carbonyl (C=O) groups excluding carboxylic acids is 1. The number of anilines is 1. The molecule has 3 heteroatoms. The van der Waals surface area contributed by atoms with Gasteiger partial charge in [0.2, 0.25) is 0 Å². The number of benzene rings is 2. The minimum Gasteiger partial charge on any atom is -0.372 e. The molecule has 0 bridgehead atoms. The normalized spacial score (nSPS) is 15.8. The van der Waals surface area contributed by atoms with Gasteiger partial charge in [-0.25, -0.2) is 0 Å². The van der Waals surface area contributed by atoms with E-state index < -0.39 is 0 Å². The molecule has 1 amide bonds. The maximum absolute atomic E-state index is 12.6. The Bertz CT molecular complexity index is 645. The number of hydrogen-bond donors (Lipinski definition) is 1. The Hall–Kier alpha value is -2.29. The second-order valence-corrected chi connectivity index (χ2v) is 6.44. The summed E-state index contributed by atoms with van der Waals surface area (Å²) in [6.45, 7) is 4.34. The predicted octanol–water partition coefficient (Wildman–Crippen LogP) is 4.56. The van der Waals surface area contributed by atoms with Crippen LogP contribution < -0.4 is 10.2 Å². The molecule has 1 N–H and O–H groups in total. The Morgan fingerprint density at radius 3 is 2.29 bits per heavy atom. The lowest BCUT2D eigenvalue weighted by Gasteiger charge is -2.28. The highest BCUT2D eigenvalue weighted by molar-refractivity contribution is 5.94. The van der Waals surface area contributed by atoms with Crippen molar-refractivity contribution in [1.29, 1.82) is 0 Å². The van der Waals surface area contributed by atoms with Crippen LogP contribution in [0.15, 0.2) is 54.6 Å². The van der Waals surface area contributed by atoms with Gasteiger partial charge in [0.05, 0.1) is 6.04 Å². The number of rotatable bonds is 5. The van der Waals surface area contributed by atoms with Crippen LogP contribution >= 0.6 is 0 Å². The molecule has 0 aromatic heterocycles. The highest BCUT2D eigenvalue weighted by Gasteiger charge is 2.15. The van der Waals surface area contributed by atoms with E-state index in [9.17, 15) is 4.79 Å². The topological polar surface area (TPSA) is 32.3 Å². The molecule has 2 aromatic carbocycles. The summed E-state index contributed by atoms with van der Waals surface area (Å²) in [6.07, 6.45) is 4.73. The summed E-state index contributed by atoms with van der Waals surface area (Å²) < 4.78 is 0. The van der Waals surface area contributed by atoms with Crippen molar-refractivity contribution >= 4 is 11.6 Å². The van der Waals surface area contributed by atoms with E-state index in [0.717, 1.165) is 30.6 Å². The number of nitrogens with zero attached hydrogens (tertiary/aromatic N) is 1. The van der Waals surface area contributed by atoms with Gasteiger partial charge in [0.1, 0.15) is 0 Å². The first-order chi connectivity index (χ1) is 11.8. The van der Waals surface area contributed by atoms with Crippen LogP contribution in [0.4, 0.5) is 5.69 Å². The Morgan fingerprint density at radius 1 is 1.00 bits per heavy atom. The molecule has 2 aromatic rings. The van der Waals surface area contributed by atoms with E-state index in [1.165, 1.54) is 24.9 Å². The summed E-state index contributed by atoms with van der Waals surface area (Å²) >= 11 is 0. The molecule has 1 atom stereocenters. The second kappa shape index (κ2) is 8.00. The van der Waals surface area contributed by atoms with Gasteiger partial charge in [-0.3, -0.25) is 4.79 Å². The first-order valence-corrected chi connectivity index (χ1v) is 8.98. The lowest BCUT2D eigenvalue weighted by atomic mass is 10.0. The maximum Gasteiger partial charge on any atom is 0.251 e. The Morgan fingerprint density at radius 2 is 1.67 bits per heavy atom. The average molecular weight is 322 g/mol. The van der Waals surface area contributed by atoms with Crippen LogP contribution in [0.1, 0.15) is 54.6 Å². The molecule has 1 fully saturated rings. The zero-order chi connectivity index (χ0) is 16.8. The molecule has 0 radical (unpaired) electrons. The highest BCUT2D eigenvalue weighted by atomic mass is 16.1. The fourth-order valence-corrected chi connectivity index (χ4v) is 3.32. The van der Waals surface area contributed by atoms with Gasteiger partial charge in [-0.05, 0) is 55.5 Å². The van der Waals surface area contributed by atoms with Crippen LogP contribution in [-0.4, -0.2) is 19.0 Å². The van der Waals surface area contributed by atoms with Gasteiger partial charge in [-0.2, -0.15) is 0 Å². The molecule has 0 saturated carbocycles. The van der Waals surface area contributed by atoms with Gasteiger partial charge in [-0.15, -0.1) is 0 Å². The van der Waals surface area contributed by atoms with Crippen molar-refractivity contribution in [3.05, 3.63) is 65.7 Å². The molecule has 1 aliphatic heterocycles. The molecule has 0 aliphatic carbocycles. The van der Waals surface area contributed by atoms with Crippen molar-refractivity contribution < 1.29 is 4.79 Å². The summed E-state index contributed by atoms with van der Waals surface area (Å²) in [5, 5.41) is 3.15. The van der Waals surface area contributed by atoms with E-state index in [2.05, 4.69) is 41.4 Å². The van der Waals surface area contributed by atoms with Gasteiger partial charge in [-0.1, -0.05) is 37.3 Å². The lowest BCUT2D eigenvalue weighted by molar-refractivity contribution is 0.0935. The van der Waals surface area contributed by atoms with Gasteiger partial charge < -0.3 is 10.2 Å². The van der Waals surface area contributed by atoms with Crippen LogP contribution in [0, 0.1) is 0 Å². The minimum atomic E-state index is -0.00380. The number of carbonyl (C=O) groups is 1. The highest BCUT2D eigenvalue weighted by Crippen LogP contribution is 2.21. The number of nitrogens with one attached hydrogen (secondary N) is 1. The SMILES string of the molecule is CC[C@@H](NC(=O)c1ccc(N2CCCCC2)cc1)c1ccccc1. The standard InChI is InChI=1S/C21H26N2O/c1-2-20(17-9-5-3-6-10-17)22-21(24)18-11-13-19(14-12-18)23-15-7-4-8-16-23/h3,5-6,9-14,20H,2,4,7-8,15-16H2,1H3,(H,22,24)/t20-/m1/s1. The zero-order valence-corrected chi connectivity index (χ0v) is 14.4. The summed E-state index contributed by atoms with van der Waals surface area (Å²) in [4.78, 5) is 15.0. The van der Waals surface area contributed by atoms with Gasteiger partial charge in [0.15, 0.2) is 0 Å². The average Bonchev–Trinajstić information content (AvgIpc) is 2.67. The molecule has 126 valence electrons. The van der Waals surface area contributed by atoms with E-state index in [1.54, 1.807) is 0 Å². The van der Waals surface area contributed by atoms with Crippen LogP contribution in [-0.2, 0) is 0 Å². The van der Waals surface area contributed by atoms with Crippen molar-refractivity contribution in [3.8, 4) is 0 Å². The fraction of sp³-hybridized carbons (Fsp3) is 0.381. The summed E-state index contributed by atoms with van der Waals surface area (Å²) in [5.74, 6) is -0.00380. The number of hydrogen-bond acceptors (Lipinski definition) is 2. The van der Waals surface area contributed by atoms with Crippen LogP contribution in [0.3, 0.4) is 0 Å². The van der Waals surface area contributed by atoms with Crippen molar-refractivity contribution in [2.75, 3.05) is 18.0 Å². The van der Waals surface area contributed by atoms with Gasteiger partial charge in [0, 0.05) is 24.3 Å². The summed E-state index contributed by atoms with van der Waals surface area (Å²) in [5.41, 5.74) is 3.10. The minimum absolute atomic E-state index is 0.00380. The third kappa shape index (κ3) is 3.97. The largest absolute Gasteiger partial charge is 0.372 e. The first kappa shape index (κ1) is 16.6. The summed E-state index contributed by atoms with van der Waals surface area (Å²) in [7, 11) is 0. The van der Waals surface area contributed by atoms with Crippen LogP contribution in [0.2, 0.25) is 0 Å². The zero-order valence-electron chi connectivity index (χ0n) is 14.4. The predicted molar refractivity (Wildman–Crippen MR) is 99.4 cm³/mol. The Kier molecular flexibility index (Phi) is 5.52. The molecule has 3 nitrogen and oxygen atoms in total. The molecule has 1 aliphatic rings. The third-order valence-corrected chi connectivity index (χ3v) is 4.77. The van der Waals surface area contributed by atoms with E-state index in [1.807, 2.05) is 30.3 Å². The molecule has 0 spiro atoms. The molecule has 3 rings (SSSR count). The maximum atomic E-state index is 12.6. The van der Waals surface area contributed by atoms with Crippen molar-refractivity contribution in [2.45, 2.75) is 38.6 Å².